The van der Waals surface area contributed by atoms with Gasteiger partial charge in [0.25, 0.3) is 0 Å². The summed E-state index contributed by atoms with van der Waals surface area (Å²) in [5.74, 6) is 1.64. The van der Waals surface area contributed by atoms with E-state index in [9.17, 15) is 0 Å². The van der Waals surface area contributed by atoms with Crippen molar-refractivity contribution in [1.82, 2.24) is 0 Å². The summed E-state index contributed by atoms with van der Waals surface area (Å²) in [7, 11) is 0. The van der Waals surface area contributed by atoms with Crippen molar-refractivity contribution in [3.8, 4) is 5.75 Å². The van der Waals surface area contributed by atoms with Crippen LogP contribution in [-0.2, 0) is 6.42 Å². The number of hydrogen-bond acceptors (Lipinski definition) is 1. The van der Waals surface area contributed by atoms with E-state index in [1.807, 2.05) is 0 Å². The van der Waals surface area contributed by atoms with Gasteiger partial charge in [-0.15, -0.1) is 11.6 Å². The molecular formula is C17H25ClO. The minimum Gasteiger partial charge on any atom is -0.490 e. The van der Waals surface area contributed by atoms with Crippen LogP contribution in [0, 0.1) is 5.92 Å². The lowest BCUT2D eigenvalue weighted by Gasteiger charge is -2.22. The molecule has 1 aromatic rings. The maximum Gasteiger partial charge on any atom is 0.123 e. The van der Waals surface area contributed by atoms with Gasteiger partial charge >= 0.3 is 0 Å². The van der Waals surface area contributed by atoms with Gasteiger partial charge in [0.05, 0.1) is 5.38 Å². The van der Waals surface area contributed by atoms with Crippen molar-refractivity contribution in [2.45, 2.75) is 64.4 Å². The molecular weight excluding hydrogens is 256 g/mol. The molecule has 0 spiro atoms. The number of halogens is 1. The summed E-state index contributed by atoms with van der Waals surface area (Å²) in [5.41, 5.74) is 2.59. The first-order valence-corrected chi connectivity index (χ1v) is 8.02. The standard InChI is InChI=1S/C17H25ClO/c1-4-6-13(7-5-2)17(18)14-8-9-16-15(11-14)10-12(3)19-16/h8-9,11-13,17H,4-7,10H2,1-3H3. The van der Waals surface area contributed by atoms with Crippen molar-refractivity contribution in [3.05, 3.63) is 29.3 Å². The SMILES string of the molecule is CCCC(CCC)C(Cl)c1ccc2c(c1)CC(C)O2. The second kappa shape index (κ2) is 6.65. The summed E-state index contributed by atoms with van der Waals surface area (Å²) in [6.07, 6.45) is 6.16. The van der Waals surface area contributed by atoms with E-state index in [0.717, 1.165) is 12.2 Å². The molecule has 2 atom stereocenters. The summed E-state index contributed by atoms with van der Waals surface area (Å²) < 4.78 is 5.75. The van der Waals surface area contributed by atoms with E-state index in [1.54, 1.807) is 0 Å². The lowest BCUT2D eigenvalue weighted by Crippen LogP contribution is -2.08. The predicted molar refractivity (Wildman–Crippen MR) is 82.1 cm³/mol. The average molecular weight is 281 g/mol. The van der Waals surface area contributed by atoms with Crippen LogP contribution < -0.4 is 4.74 Å². The Morgan fingerprint density at radius 1 is 1.26 bits per heavy atom. The van der Waals surface area contributed by atoms with E-state index < -0.39 is 0 Å². The highest BCUT2D eigenvalue weighted by Crippen LogP contribution is 2.38. The van der Waals surface area contributed by atoms with E-state index in [1.165, 1.54) is 36.8 Å². The molecule has 1 nitrogen and oxygen atoms in total. The van der Waals surface area contributed by atoms with Crippen LogP contribution in [0.1, 0.15) is 63.0 Å². The van der Waals surface area contributed by atoms with E-state index >= 15 is 0 Å². The highest BCUT2D eigenvalue weighted by atomic mass is 35.5. The first kappa shape index (κ1) is 14.7. The molecule has 0 aliphatic carbocycles. The third-order valence-corrected chi connectivity index (χ3v) is 4.58. The molecule has 1 aliphatic rings. The van der Waals surface area contributed by atoms with E-state index in [2.05, 4.69) is 39.0 Å². The Morgan fingerprint density at radius 2 is 1.95 bits per heavy atom. The van der Waals surface area contributed by atoms with Crippen LogP contribution in [0.3, 0.4) is 0 Å². The molecule has 0 amide bonds. The number of benzene rings is 1. The fraction of sp³-hybridized carbons (Fsp3) is 0.647. The van der Waals surface area contributed by atoms with Crippen LogP contribution in [0.4, 0.5) is 0 Å². The molecule has 2 unspecified atom stereocenters. The van der Waals surface area contributed by atoms with Crippen LogP contribution in [-0.4, -0.2) is 6.10 Å². The summed E-state index contributed by atoms with van der Waals surface area (Å²) in [5, 5.41) is 0.140. The molecule has 19 heavy (non-hydrogen) atoms. The van der Waals surface area contributed by atoms with Crippen LogP contribution in [0.5, 0.6) is 5.75 Å². The lowest BCUT2D eigenvalue weighted by atomic mass is 9.90. The van der Waals surface area contributed by atoms with Crippen molar-refractivity contribution in [1.29, 1.82) is 0 Å². The van der Waals surface area contributed by atoms with Crippen molar-refractivity contribution < 1.29 is 4.74 Å². The Balaban J connectivity index is 2.14. The molecule has 2 heteroatoms. The van der Waals surface area contributed by atoms with Gasteiger partial charge in [0.15, 0.2) is 0 Å². The van der Waals surface area contributed by atoms with Gasteiger partial charge in [-0.1, -0.05) is 38.8 Å². The molecule has 0 bridgehead atoms. The number of hydrogen-bond donors (Lipinski definition) is 0. The highest BCUT2D eigenvalue weighted by Gasteiger charge is 2.24. The number of ether oxygens (including phenoxy) is 1. The monoisotopic (exact) mass is 280 g/mol. The van der Waals surface area contributed by atoms with Crippen LogP contribution in [0.15, 0.2) is 18.2 Å². The zero-order valence-corrected chi connectivity index (χ0v) is 13.0. The average Bonchev–Trinajstić information content (AvgIpc) is 2.76. The molecule has 0 aromatic heterocycles. The fourth-order valence-electron chi connectivity index (χ4n) is 3.06. The van der Waals surface area contributed by atoms with Gasteiger partial charge in [0, 0.05) is 6.42 Å². The number of alkyl halides is 1. The van der Waals surface area contributed by atoms with E-state index in [4.69, 9.17) is 16.3 Å². The third kappa shape index (κ3) is 3.45. The Morgan fingerprint density at radius 3 is 2.58 bits per heavy atom. The van der Waals surface area contributed by atoms with Gasteiger partial charge in [-0.2, -0.15) is 0 Å². The highest BCUT2D eigenvalue weighted by molar-refractivity contribution is 6.21. The Labute approximate surface area is 122 Å². The molecule has 1 heterocycles. The van der Waals surface area contributed by atoms with Gasteiger partial charge in [0.1, 0.15) is 11.9 Å². The van der Waals surface area contributed by atoms with Gasteiger partial charge in [0.2, 0.25) is 0 Å². The Bertz CT molecular complexity index is 410. The first-order chi connectivity index (χ1) is 9.15. The minimum atomic E-state index is 0.140. The second-order valence-corrected chi connectivity index (χ2v) is 6.21. The molecule has 0 N–H and O–H groups in total. The fourth-order valence-corrected chi connectivity index (χ4v) is 3.45. The van der Waals surface area contributed by atoms with Crippen molar-refractivity contribution >= 4 is 11.6 Å². The smallest absolute Gasteiger partial charge is 0.123 e. The van der Waals surface area contributed by atoms with E-state index in [0.29, 0.717) is 12.0 Å². The molecule has 2 rings (SSSR count). The summed E-state index contributed by atoms with van der Waals surface area (Å²) in [6.45, 7) is 6.60. The summed E-state index contributed by atoms with van der Waals surface area (Å²) >= 11 is 6.73. The summed E-state index contributed by atoms with van der Waals surface area (Å²) in [6, 6.07) is 6.50. The zero-order valence-electron chi connectivity index (χ0n) is 12.3. The van der Waals surface area contributed by atoms with E-state index in [-0.39, 0.29) is 5.38 Å². The predicted octanol–water partition coefficient (Wildman–Crippen LogP) is 5.51. The first-order valence-electron chi connectivity index (χ1n) is 7.59. The van der Waals surface area contributed by atoms with Crippen molar-refractivity contribution in [2.75, 3.05) is 0 Å². The largest absolute Gasteiger partial charge is 0.490 e. The Kier molecular flexibility index (Phi) is 5.15. The van der Waals surface area contributed by atoms with Crippen LogP contribution >= 0.6 is 11.6 Å². The number of rotatable bonds is 6. The zero-order chi connectivity index (χ0) is 13.8. The van der Waals surface area contributed by atoms with Gasteiger partial charge in [-0.25, -0.2) is 0 Å². The topological polar surface area (TPSA) is 9.23 Å². The number of fused-ring (bicyclic) bond motifs is 1. The molecule has 106 valence electrons. The van der Waals surface area contributed by atoms with Crippen molar-refractivity contribution in [3.63, 3.8) is 0 Å². The third-order valence-electron chi connectivity index (χ3n) is 3.97. The molecule has 1 aromatic carbocycles. The molecule has 0 radical (unpaired) electrons. The van der Waals surface area contributed by atoms with Gasteiger partial charge in [-0.05, 0) is 42.9 Å². The maximum atomic E-state index is 6.73. The minimum absolute atomic E-state index is 0.140. The van der Waals surface area contributed by atoms with Gasteiger partial charge < -0.3 is 4.74 Å². The summed E-state index contributed by atoms with van der Waals surface area (Å²) in [4.78, 5) is 0. The maximum absolute atomic E-state index is 6.73. The molecule has 0 fully saturated rings. The second-order valence-electron chi connectivity index (χ2n) is 5.74. The molecule has 0 saturated carbocycles. The van der Waals surface area contributed by atoms with Crippen LogP contribution in [0.25, 0.3) is 0 Å². The quantitative estimate of drug-likeness (QED) is 0.625. The molecule has 0 saturated heterocycles. The molecule has 1 aliphatic heterocycles. The van der Waals surface area contributed by atoms with Crippen molar-refractivity contribution in [2.24, 2.45) is 5.92 Å². The normalized spacial score (nSPS) is 19.3. The lowest BCUT2D eigenvalue weighted by molar-refractivity contribution is 0.254. The van der Waals surface area contributed by atoms with Crippen LogP contribution in [0.2, 0.25) is 0 Å². The van der Waals surface area contributed by atoms with Gasteiger partial charge in [-0.3, -0.25) is 0 Å². The Hall–Kier alpha value is -0.690.